The van der Waals surface area contributed by atoms with Crippen LogP contribution in [0.4, 0.5) is 0 Å². The zero-order valence-electron chi connectivity index (χ0n) is 9.28. The molecule has 2 heteroatoms. The highest BCUT2D eigenvalue weighted by Gasteiger charge is 2.34. The van der Waals surface area contributed by atoms with E-state index in [1.807, 2.05) is 23.1 Å². The van der Waals surface area contributed by atoms with Crippen LogP contribution in [0.5, 0.6) is 0 Å². The molecule has 2 aliphatic rings. The first-order chi connectivity index (χ1) is 7.77. The maximum Gasteiger partial charge on any atom is 0.227 e. The summed E-state index contributed by atoms with van der Waals surface area (Å²) in [6.45, 7) is 5.10. The number of hydrogen-bond donors (Lipinski definition) is 0. The third kappa shape index (κ3) is 1.29. The molecule has 0 bridgehead atoms. The molecule has 0 aliphatic carbocycles. The van der Waals surface area contributed by atoms with Gasteiger partial charge in [-0.2, -0.15) is 0 Å². The predicted molar refractivity (Wildman–Crippen MR) is 63.9 cm³/mol. The molecule has 3 rings (SSSR count). The first-order valence-corrected chi connectivity index (χ1v) is 5.84. The monoisotopic (exact) mass is 213 g/mol. The molecule has 0 N–H and O–H groups in total. The molecule has 2 nitrogen and oxygen atoms in total. The van der Waals surface area contributed by atoms with E-state index in [0.29, 0.717) is 6.42 Å². The third-order valence-corrected chi connectivity index (χ3v) is 3.68. The molecular weight excluding hydrogens is 198 g/mol. The quantitative estimate of drug-likeness (QED) is 0.647. The van der Waals surface area contributed by atoms with E-state index in [1.54, 1.807) is 0 Å². The van der Waals surface area contributed by atoms with Crippen LogP contribution >= 0.6 is 0 Å². The van der Waals surface area contributed by atoms with Crippen molar-refractivity contribution in [2.24, 2.45) is 0 Å². The number of fused-ring (bicyclic) bond motifs is 2. The van der Waals surface area contributed by atoms with E-state index in [-0.39, 0.29) is 11.9 Å². The summed E-state index contributed by atoms with van der Waals surface area (Å²) in [4.78, 5) is 14.1. The van der Waals surface area contributed by atoms with Gasteiger partial charge in [-0.05, 0) is 29.5 Å². The van der Waals surface area contributed by atoms with E-state index in [4.69, 9.17) is 0 Å². The standard InChI is InChI=1S/C14H15NO/c1-10-12-6-3-2-5-11(12)9-14(16)15-8-4-7-13(10)15/h2-3,5-6,13H,1,4,7-9H2/t13-/m0/s1. The van der Waals surface area contributed by atoms with E-state index in [9.17, 15) is 4.79 Å². The molecule has 0 radical (unpaired) electrons. The van der Waals surface area contributed by atoms with Gasteiger partial charge >= 0.3 is 0 Å². The van der Waals surface area contributed by atoms with E-state index < -0.39 is 0 Å². The van der Waals surface area contributed by atoms with Crippen LogP contribution in [0.2, 0.25) is 0 Å². The molecule has 0 spiro atoms. The number of carbonyl (C=O) groups is 1. The summed E-state index contributed by atoms with van der Waals surface area (Å²) < 4.78 is 0. The average Bonchev–Trinajstić information content (AvgIpc) is 2.74. The van der Waals surface area contributed by atoms with Crippen LogP contribution in [0.25, 0.3) is 5.57 Å². The minimum absolute atomic E-state index is 0.246. The van der Waals surface area contributed by atoms with Gasteiger partial charge in [-0.25, -0.2) is 0 Å². The highest BCUT2D eigenvalue weighted by molar-refractivity contribution is 5.87. The smallest absolute Gasteiger partial charge is 0.227 e. The van der Waals surface area contributed by atoms with Crippen LogP contribution in [-0.2, 0) is 11.2 Å². The number of carbonyl (C=O) groups excluding carboxylic acids is 1. The summed E-state index contributed by atoms with van der Waals surface area (Å²) in [5.41, 5.74) is 3.44. The van der Waals surface area contributed by atoms with Crippen molar-refractivity contribution in [3.05, 3.63) is 42.0 Å². The number of amides is 1. The lowest BCUT2D eigenvalue weighted by molar-refractivity contribution is -0.130. The molecule has 1 aromatic carbocycles. The fourth-order valence-corrected chi connectivity index (χ4v) is 2.86. The van der Waals surface area contributed by atoms with Crippen molar-refractivity contribution < 1.29 is 4.79 Å². The Labute approximate surface area is 95.6 Å². The number of hydrogen-bond acceptors (Lipinski definition) is 1. The first kappa shape index (κ1) is 9.64. The van der Waals surface area contributed by atoms with Crippen LogP contribution < -0.4 is 0 Å². The predicted octanol–water partition coefficient (Wildman–Crippen LogP) is 2.25. The van der Waals surface area contributed by atoms with Crippen LogP contribution in [0.15, 0.2) is 30.8 Å². The van der Waals surface area contributed by atoms with Crippen molar-refractivity contribution in [2.45, 2.75) is 25.3 Å². The highest BCUT2D eigenvalue weighted by Crippen LogP contribution is 2.34. The van der Waals surface area contributed by atoms with Gasteiger partial charge in [-0.1, -0.05) is 30.8 Å². The Morgan fingerprint density at radius 2 is 2.12 bits per heavy atom. The molecule has 16 heavy (non-hydrogen) atoms. The number of benzene rings is 1. The lowest BCUT2D eigenvalue weighted by atomic mass is 9.95. The van der Waals surface area contributed by atoms with Crippen molar-refractivity contribution in [1.29, 1.82) is 0 Å². The van der Waals surface area contributed by atoms with Crippen molar-refractivity contribution in [3.8, 4) is 0 Å². The Kier molecular flexibility index (Phi) is 2.10. The Morgan fingerprint density at radius 3 is 3.00 bits per heavy atom. The second-order valence-electron chi connectivity index (χ2n) is 4.60. The van der Waals surface area contributed by atoms with Crippen molar-refractivity contribution in [3.63, 3.8) is 0 Å². The molecule has 82 valence electrons. The summed E-state index contributed by atoms with van der Waals surface area (Å²) in [6, 6.07) is 8.40. The van der Waals surface area contributed by atoms with Gasteiger partial charge in [0.15, 0.2) is 0 Å². The van der Waals surface area contributed by atoms with Crippen LogP contribution in [0.3, 0.4) is 0 Å². The second-order valence-corrected chi connectivity index (χ2v) is 4.60. The zero-order valence-corrected chi connectivity index (χ0v) is 9.28. The van der Waals surface area contributed by atoms with E-state index >= 15 is 0 Å². The van der Waals surface area contributed by atoms with Crippen molar-refractivity contribution >= 4 is 11.5 Å². The van der Waals surface area contributed by atoms with Crippen molar-refractivity contribution in [2.75, 3.05) is 6.54 Å². The largest absolute Gasteiger partial charge is 0.335 e. The Hall–Kier alpha value is -1.57. The fourth-order valence-electron chi connectivity index (χ4n) is 2.86. The third-order valence-electron chi connectivity index (χ3n) is 3.68. The van der Waals surface area contributed by atoms with Gasteiger partial charge in [0.05, 0.1) is 12.5 Å². The maximum atomic E-state index is 12.1. The summed E-state index contributed by atoms with van der Waals surface area (Å²) in [5, 5.41) is 0. The van der Waals surface area contributed by atoms with Gasteiger partial charge in [0.1, 0.15) is 0 Å². The minimum Gasteiger partial charge on any atom is -0.335 e. The molecule has 1 atom stereocenters. The molecule has 1 aromatic rings. The lowest BCUT2D eigenvalue weighted by Crippen LogP contribution is -2.35. The maximum absolute atomic E-state index is 12.1. The van der Waals surface area contributed by atoms with Gasteiger partial charge in [0, 0.05) is 6.54 Å². The van der Waals surface area contributed by atoms with E-state index in [2.05, 4.69) is 12.6 Å². The van der Waals surface area contributed by atoms with Gasteiger partial charge in [0.25, 0.3) is 0 Å². The Bertz CT molecular complexity index is 464. The lowest BCUT2D eigenvalue weighted by Gasteiger charge is -2.23. The summed E-state index contributed by atoms with van der Waals surface area (Å²) in [7, 11) is 0. The minimum atomic E-state index is 0.246. The molecule has 1 saturated heterocycles. The molecule has 0 aromatic heterocycles. The van der Waals surface area contributed by atoms with Gasteiger partial charge in [-0.15, -0.1) is 0 Å². The highest BCUT2D eigenvalue weighted by atomic mass is 16.2. The van der Waals surface area contributed by atoms with Crippen molar-refractivity contribution in [1.82, 2.24) is 4.90 Å². The molecule has 0 saturated carbocycles. The second kappa shape index (κ2) is 3.48. The first-order valence-electron chi connectivity index (χ1n) is 5.84. The Morgan fingerprint density at radius 1 is 1.31 bits per heavy atom. The SMILES string of the molecule is C=C1c2ccccc2CC(=O)N2CCC[C@@H]12. The van der Waals surface area contributed by atoms with E-state index in [0.717, 1.165) is 30.5 Å². The summed E-state index contributed by atoms with van der Waals surface area (Å²) in [6.07, 6.45) is 2.71. The van der Waals surface area contributed by atoms with E-state index in [1.165, 1.54) is 5.56 Å². The molecule has 2 heterocycles. The number of rotatable bonds is 0. The fraction of sp³-hybridized carbons (Fsp3) is 0.357. The molecule has 0 unspecified atom stereocenters. The number of nitrogens with zero attached hydrogens (tertiary/aromatic N) is 1. The zero-order chi connectivity index (χ0) is 11.1. The van der Waals surface area contributed by atoms with Gasteiger partial charge in [0.2, 0.25) is 5.91 Å². The molecule has 2 aliphatic heterocycles. The van der Waals surface area contributed by atoms with Gasteiger partial charge < -0.3 is 4.90 Å². The molecular formula is C14H15NO. The normalized spacial score (nSPS) is 24.0. The topological polar surface area (TPSA) is 20.3 Å². The van der Waals surface area contributed by atoms with Crippen LogP contribution in [0.1, 0.15) is 24.0 Å². The summed E-state index contributed by atoms with van der Waals surface area (Å²) >= 11 is 0. The van der Waals surface area contributed by atoms with Crippen LogP contribution in [0, 0.1) is 0 Å². The Balaban J connectivity index is 2.11. The molecule has 1 fully saturated rings. The average molecular weight is 213 g/mol. The molecule has 1 amide bonds. The van der Waals surface area contributed by atoms with Gasteiger partial charge in [-0.3, -0.25) is 4.79 Å². The van der Waals surface area contributed by atoms with Crippen LogP contribution in [-0.4, -0.2) is 23.4 Å². The summed E-state index contributed by atoms with van der Waals surface area (Å²) in [5.74, 6) is 0.258.